The molecule has 1 heterocycles. The van der Waals surface area contributed by atoms with Crippen molar-refractivity contribution in [1.29, 1.82) is 0 Å². The Balaban J connectivity index is 1.55. The molecule has 1 atom stereocenters. The van der Waals surface area contributed by atoms with Gasteiger partial charge in [0.05, 0.1) is 6.54 Å². The van der Waals surface area contributed by atoms with Crippen molar-refractivity contribution in [2.24, 2.45) is 0 Å². The Morgan fingerprint density at radius 2 is 1.72 bits per heavy atom. The molecular formula is C24H28ClN3O4. The number of urea groups is 1. The largest absolute Gasteiger partial charge is 0.492 e. The highest BCUT2D eigenvalue weighted by Gasteiger charge is 2.49. The molecule has 0 saturated carbocycles. The average Bonchev–Trinajstić information content (AvgIpc) is 2.96. The fourth-order valence-corrected chi connectivity index (χ4v) is 3.56. The number of nitrogens with zero attached hydrogens (tertiary/aromatic N) is 1. The topological polar surface area (TPSA) is 87.7 Å². The van der Waals surface area contributed by atoms with Gasteiger partial charge in [0.15, 0.2) is 0 Å². The maximum atomic E-state index is 13.0. The molecule has 1 unspecified atom stereocenters. The summed E-state index contributed by atoms with van der Waals surface area (Å²) in [7, 11) is 0. The molecule has 0 radical (unpaired) electrons. The molecule has 2 aromatic rings. The second-order valence-electron chi connectivity index (χ2n) is 8.93. The van der Waals surface area contributed by atoms with Crippen molar-refractivity contribution in [2.45, 2.75) is 38.6 Å². The van der Waals surface area contributed by atoms with E-state index in [0.29, 0.717) is 16.3 Å². The lowest BCUT2D eigenvalue weighted by atomic mass is 9.84. The predicted octanol–water partition coefficient (Wildman–Crippen LogP) is 3.60. The van der Waals surface area contributed by atoms with Gasteiger partial charge in [0.1, 0.15) is 24.4 Å². The molecule has 8 heteroatoms. The van der Waals surface area contributed by atoms with Gasteiger partial charge in [-0.1, -0.05) is 56.6 Å². The van der Waals surface area contributed by atoms with Crippen molar-refractivity contribution in [3.8, 4) is 5.75 Å². The third-order valence-corrected chi connectivity index (χ3v) is 5.66. The molecule has 1 aliphatic rings. The van der Waals surface area contributed by atoms with E-state index in [2.05, 4.69) is 31.4 Å². The Morgan fingerprint density at radius 1 is 1.09 bits per heavy atom. The summed E-state index contributed by atoms with van der Waals surface area (Å²) in [4.78, 5) is 38.7. The Bertz CT molecular complexity index is 999. The van der Waals surface area contributed by atoms with Gasteiger partial charge >= 0.3 is 6.03 Å². The van der Waals surface area contributed by atoms with Crippen LogP contribution in [0.2, 0.25) is 5.02 Å². The Labute approximate surface area is 193 Å². The van der Waals surface area contributed by atoms with E-state index >= 15 is 0 Å². The van der Waals surface area contributed by atoms with E-state index in [0.717, 1.165) is 10.5 Å². The van der Waals surface area contributed by atoms with Crippen molar-refractivity contribution in [1.82, 2.24) is 15.5 Å². The normalized spacial score (nSPS) is 18.5. The van der Waals surface area contributed by atoms with E-state index in [1.165, 1.54) is 0 Å². The van der Waals surface area contributed by atoms with Crippen LogP contribution in [0.3, 0.4) is 0 Å². The lowest BCUT2D eigenvalue weighted by Gasteiger charge is -2.24. The summed E-state index contributed by atoms with van der Waals surface area (Å²) in [5.41, 5.74) is 0.552. The number of carbonyl (C=O) groups is 3. The number of hydrogen-bond donors (Lipinski definition) is 2. The van der Waals surface area contributed by atoms with Crippen LogP contribution >= 0.6 is 11.6 Å². The molecule has 3 rings (SSSR count). The van der Waals surface area contributed by atoms with Gasteiger partial charge in [-0.3, -0.25) is 14.5 Å². The number of imide groups is 1. The first kappa shape index (κ1) is 23.6. The zero-order chi connectivity index (χ0) is 23.5. The number of nitrogens with one attached hydrogen (secondary N) is 2. The molecule has 170 valence electrons. The number of amides is 4. The van der Waals surface area contributed by atoms with Crippen LogP contribution in [0.4, 0.5) is 4.79 Å². The smallest absolute Gasteiger partial charge is 0.325 e. The van der Waals surface area contributed by atoms with Crippen LogP contribution in [0.5, 0.6) is 5.75 Å². The molecular weight excluding hydrogens is 430 g/mol. The fraction of sp³-hybridized carbons (Fsp3) is 0.375. The van der Waals surface area contributed by atoms with Crippen LogP contribution in [0.25, 0.3) is 0 Å². The van der Waals surface area contributed by atoms with Crippen LogP contribution in [-0.2, 0) is 20.5 Å². The standard InChI is InChI=1S/C24H28ClN3O4/c1-23(2,3)16-5-7-17(8-6-16)24(4)21(30)28(22(31)27-24)15-20(29)26-13-14-32-19-11-9-18(25)10-12-19/h5-12H,13-15H2,1-4H3,(H,26,29)(H,27,31). The van der Waals surface area contributed by atoms with Crippen LogP contribution in [0.1, 0.15) is 38.8 Å². The van der Waals surface area contributed by atoms with Crippen LogP contribution in [0, 0.1) is 0 Å². The lowest BCUT2D eigenvalue weighted by Crippen LogP contribution is -2.43. The molecule has 4 amide bonds. The molecule has 2 N–H and O–H groups in total. The first-order valence-corrected chi connectivity index (χ1v) is 10.8. The summed E-state index contributed by atoms with van der Waals surface area (Å²) >= 11 is 5.83. The third kappa shape index (κ3) is 5.22. The fourth-order valence-electron chi connectivity index (χ4n) is 3.43. The van der Waals surface area contributed by atoms with Crippen LogP contribution in [0.15, 0.2) is 48.5 Å². The van der Waals surface area contributed by atoms with Gasteiger partial charge in [-0.15, -0.1) is 0 Å². The molecule has 1 saturated heterocycles. The summed E-state index contributed by atoms with van der Waals surface area (Å²) in [6, 6.07) is 13.9. The van der Waals surface area contributed by atoms with Gasteiger partial charge in [0, 0.05) is 5.02 Å². The van der Waals surface area contributed by atoms with Crippen molar-refractivity contribution in [3.63, 3.8) is 0 Å². The van der Waals surface area contributed by atoms with Gasteiger partial charge < -0.3 is 15.4 Å². The van der Waals surface area contributed by atoms with Gasteiger partial charge in [-0.25, -0.2) is 4.79 Å². The third-order valence-electron chi connectivity index (χ3n) is 5.41. The highest BCUT2D eigenvalue weighted by molar-refractivity contribution is 6.30. The molecule has 7 nitrogen and oxygen atoms in total. The number of halogens is 1. The second-order valence-corrected chi connectivity index (χ2v) is 9.36. The molecule has 0 aromatic heterocycles. The molecule has 2 aromatic carbocycles. The lowest BCUT2D eigenvalue weighted by molar-refractivity contribution is -0.134. The number of rotatable bonds is 7. The maximum Gasteiger partial charge on any atom is 0.325 e. The van der Waals surface area contributed by atoms with Crippen molar-refractivity contribution < 1.29 is 19.1 Å². The Hall–Kier alpha value is -3.06. The van der Waals surface area contributed by atoms with Gasteiger partial charge in [-0.05, 0) is 47.7 Å². The molecule has 1 aliphatic heterocycles. The molecule has 0 bridgehead atoms. The molecule has 0 aliphatic carbocycles. The summed E-state index contributed by atoms with van der Waals surface area (Å²) in [6.07, 6.45) is 0. The van der Waals surface area contributed by atoms with E-state index in [4.69, 9.17) is 16.3 Å². The zero-order valence-electron chi connectivity index (χ0n) is 18.7. The number of hydrogen-bond acceptors (Lipinski definition) is 4. The van der Waals surface area contributed by atoms with E-state index in [1.54, 1.807) is 31.2 Å². The van der Waals surface area contributed by atoms with Crippen LogP contribution in [-0.4, -0.2) is 42.4 Å². The minimum absolute atomic E-state index is 0.0240. The highest BCUT2D eigenvalue weighted by Crippen LogP contribution is 2.31. The van der Waals surface area contributed by atoms with E-state index in [9.17, 15) is 14.4 Å². The summed E-state index contributed by atoms with van der Waals surface area (Å²) in [5.74, 6) is -0.273. The molecule has 0 spiro atoms. The Kier molecular flexibility index (Phi) is 6.79. The number of carbonyl (C=O) groups excluding carboxylic acids is 3. The Morgan fingerprint density at radius 3 is 2.31 bits per heavy atom. The highest BCUT2D eigenvalue weighted by atomic mass is 35.5. The zero-order valence-corrected chi connectivity index (χ0v) is 19.5. The SMILES string of the molecule is CC(C)(C)c1ccc(C2(C)NC(=O)N(CC(=O)NCCOc3ccc(Cl)cc3)C2=O)cc1. The summed E-state index contributed by atoms with van der Waals surface area (Å²) in [6.45, 7) is 8.08. The summed E-state index contributed by atoms with van der Waals surface area (Å²) in [5, 5.41) is 5.99. The minimum atomic E-state index is -1.22. The van der Waals surface area contributed by atoms with E-state index in [1.807, 2.05) is 24.3 Å². The van der Waals surface area contributed by atoms with Gasteiger partial charge in [-0.2, -0.15) is 0 Å². The molecule has 1 fully saturated rings. The van der Waals surface area contributed by atoms with Crippen molar-refractivity contribution >= 4 is 29.4 Å². The van der Waals surface area contributed by atoms with Gasteiger partial charge in [0.25, 0.3) is 5.91 Å². The average molecular weight is 458 g/mol. The quantitative estimate of drug-likeness (QED) is 0.491. The van der Waals surface area contributed by atoms with Gasteiger partial charge in [0.2, 0.25) is 5.91 Å². The first-order valence-electron chi connectivity index (χ1n) is 10.4. The van der Waals surface area contributed by atoms with Crippen LogP contribution < -0.4 is 15.4 Å². The van der Waals surface area contributed by atoms with E-state index < -0.39 is 23.4 Å². The molecule has 32 heavy (non-hydrogen) atoms. The minimum Gasteiger partial charge on any atom is -0.492 e. The van der Waals surface area contributed by atoms with Crippen molar-refractivity contribution in [3.05, 3.63) is 64.7 Å². The number of benzene rings is 2. The second kappa shape index (κ2) is 9.20. The summed E-state index contributed by atoms with van der Waals surface area (Å²) < 4.78 is 5.51. The van der Waals surface area contributed by atoms with Crippen molar-refractivity contribution in [2.75, 3.05) is 19.7 Å². The number of ether oxygens (including phenoxy) is 1. The first-order chi connectivity index (χ1) is 15.0. The van der Waals surface area contributed by atoms with E-state index in [-0.39, 0.29) is 25.1 Å². The monoisotopic (exact) mass is 457 g/mol. The predicted molar refractivity (Wildman–Crippen MR) is 123 cm³/mol. The maximum absolute atomic E-state index is 13.0.